The number of rotatable bonds is 7. The van der Waals surface area contributed by atoms with Gasteiger partial charge in [0, 0.05) is 32.3 Å². The minimum atomic E-state index is -3.75. The third-order valence-electron chi connectivity index (χ3n) is 3.79. The van der Waals surface area contributed by atoms with Crippen molar-refractivity contribution in [3.8, 4) is 5.75 Å². The summed E-state index contributed by atoms with van der Waals surface area (Å²) < 4.78 is 26.9. The fraction of sp³-hybridized carbons (Fsp3) is 0.235. The number of likely N-dealkylation sites (N-methyl/N-ethyl adjacent to an activating group) is 1. The van der Waals surface area contributed by atoms with Gasteiger partial charge in [-0.2, -0.15) is 0 Å². The van der Waals surface area contributed by atoms with Gasteiger partial charge in [-0.3, -0.25) is 10.1 Å². The molecule has 2 aromatic carbocycles. The van der Waals surface area contributed by atoms with E-state index in [4.69, 9.17) is 0 Å². The lowest BCUT2D eigenvalue weighted by molar-refractivity contribution is -0.384. The summed E-state index contributed by atoms with van der Waals surface area (Å²) >= 11 is 0. The molecule has 0 aromatic heterocycles. The van der Waals surface area contributed by atoms with Crippen LogP contribution in [-0.2, 0) is 10.0 Å². The largest absolute Gasteiger partial charge is 0.508 e. The Balaban J connectivity index is 0.00000392. The zero-order valence-electron chi connectivity index (χ0n) is 15.3. The molecule has 0 fully saturated rings. The smallest absolute Gasteiger partial charge is 0.269 e. The molecule has 0 aliphatic rings. The van der Waals surface area contributed by atoms with Crippen LogP contribution in [0.2, 0.25) is 0 Å². The van der Waals surface area contributed by atoms with Crippen LogP contribution < -0.4 is 4.72 Å². The highest BCUT2D eigenvalue weighted by molar-refractivity contribution is 14.0. The number of aromatic hydroxyl groups is 1. The highest BCUT2D eigenvalue weighted by Crippen LogP contribution is 2.17. The Morgan fingerprint density at radius 1 is 1.18 bits per heavy atom. The number of halogens is 1. The molecule has 0 amide bonds. The normalized spacial score (nSPS) is 11.6. The van der Waals surface area contributed by atoms with Gasteiger partial charge in [0.25, 0.3) is 5.69 Å². The summed E-state index contributed by atoms with van der Waals surface area (Å²) in [5.74, 6) is 0.829. The van der Waals surface area contributed by atoms with Crippen molar-refractivity contribution in [2.24, 2.45) is 4.99 Å². The fourth-order valence-electron chi connectivity index (χ4n) is 2.14. The molecule has 0 aliphatic carbocycles. The molecule has 11 heteroatoms. The molecule has 2 rings (SSSR count). The topological polar surface area (TPSA) is 125 Å². The number of hydrogen-bond donors (Lipinski definition) is 2. The summed E-state index contributed by atoms with van der Waals surface area (Å²) in [6, 6.07) is 11.1. The highest BCUT2D eigenvalue weighted by atomic mass is 127. The minimum absolute atomic E-state index is 0. The van der Waals surface area contributed by atoms with Crippen molar-refractivity contribution in [3.05, 3.63) is 58.6 Å². The summed E-state index contributed by atoms with van der Waals surface area (Å²) in [6.07, 6.45) is 0. The van der Waals surface area contributed by atoms with E-state index in [0.717, 1.165) is 12.1 Å². The maximum Gasteiger partial charge on any atom is 0.269 e. The number of amidine groups is 1. The van der Waals surface area contributed by atoms with Crippen LogP contribution in [0.4, 0.5) is 11.4 Å². The Kier molecular flexibility index (Phi) is 8.78. The van der Waals surface area contributed by atoms with Gasteiger partial charge >= 0.3 is 0 Å². The van der Waals surface area contributed by atoms with E-state index in [2.05, 4.69) is 9.71 Å². The van der Waals surface area contributed by atoms with E-state index < -0.39 is 14.9 Å². The molecule has 0 radical (unpaired) electrons. The van der Waals surface area contributed by atoms with Crippen molar-refractivity contribution in [2.45, 2.75) is 11.8 Å². The molecule has 2 N–H and O–H groups in total. The summed E-state index contributed by atoms with van der Waals surface area (Å²) in [5, 5.41) is 19.9. The minimum Gasteiger partial charge on any atom is -0.508 e. The SMILES string of the molecule is CC(=Nc1ccc(O)cc1)N(C)CCNS(=O)(=O)c1ccc([N+](=O)[O-])cc1.I. The molecule has 0 saturated carbocycles. The van der Waals surface area contributed by atoms with Gasteiger partial charge in [-0.05, 0) is 43.3 Å². The number of phenols is 1. The van der Waals surface area contributed by atoms with Gasteiger partial charge in [0.15, 0.2) is 0 Å². The maximum atomic E-state index is 12.2. The van der Waals surface area contributed by atoms with Gasteiger partial charge in [0.2, 0.25) is 10.0 Å². The molecule has 28 heavy (non-hydrogen) atoms. The van der Waals surface area contributed by atoms with E-state index >= 15 is 0 Å². The second kappa shape index (κ2) is 10.3. The molecule has 0 unspecified atom stereocenters. The van der Waals surface area contributed by atoms with Crippen LogP contribution in [0.15, 0.2) is 58.4 Å². The van der Waals surface area contributed by atoms with Crippen LogP contribution in [0.25, 0.3) is 0 Å². The molecule has 0 spiro atoms. The summed E-state index contributed by atoms with van der Waals surface area (Å²) in [7, 11) is -1.98. The quantitative estimate of drug-likeness (QED) is 0.190. The first kappa shape index (κ1) is 23.8. The van der Waals surface area contributed by atoms with Gasteiger partial charge in [-0.15, -0.1) is 24.0 Å². The predicted octanol–water partition coefficient (Wildman–Crippen LogP) is 2.88. The lowest BCUT2D eigenvalue weighted by atomic mass is 10.3. The van der Waals surface area contributed by atoms with Crippen molar-refractivity contribution >= 4 is 51.2 Å². The highest BCUT2D eigenvalue weighted by Gasteiger charge is 2.15. The van der Waals surface area contributed by atoms with Crippen molar-refractivity contribution < 1.29 is 18.4 Å². The van der Waals surface area contributed by atoms with Crippen molar-refractivity contribution in [1.29, 1.82) is 0 Å². The first-order valence-corrected chi connectivity index (χ1v) is 9.47. The van der Waals surface area contributed by atoms with E-state index in [9.17, 15) is 23.6 Å². The number of benzene rings is 2. The summed E-state index contributed by atoms with van der Waals surface area (Å²) in [5.41, 5.74) is 0.498. The van der Waals surface area contributed by atoms with E-state index in [0.29, 0.717) is 18.1 Å². The van der Waals surface area contributed by atoms with E-state index in [1.54, 1.807) is 31.0 Å². The Labute approximate surface area is 180 Å². The first-order valence-electron chi connectivity index (χ1n) is 7.98. The fourth-order valence-corrected chi connectivity index (χ4v) is 3.16. The Bertz CT molecular complexity index is 931. The number of non-ortho nitro benzene ring substituents is 1. The standard InChI is InChI=1S/C17H20N4O5S.HI/c1-13(19-14-3-7-16(22)8-4-14)20(2)12-11-18-27(25,26)17-9-5-15(6-10-17)21(23)24;/h3-10,18,22H,11-12H2,1-2H3;1H. The van der Waals surface area contributed by atoms with Gasteiger partial charge in [-0.25, -0.2) is 18.1 Å². The predicted molar refractivity (Wildman–Crippen MR) is 117 cm³/mol. The maximum absolute atomic E-state index is 12.2. The number of hydrogen-bond acceptors (Lipinski definition) is 6. The number of nitrogens with one attached hydrogen (secondary N) is 1. The van der Waals surface area contributed by atoms with Crippen molar-refractivity contribution in [3.63, 3.8) is 0 Å². The molecule has 9 nitrogen and oxygen atoms in total. The molecular formula is C17H21IN4O5S. The zero-order valence-corrected chi connectivity index (χ0v) is 18.4. The summed E-state index contributed by atoms with van der Waals surface area (Å²) in [6.45, 7) is 2.30. The number of phenolic OH excluding ortho intramolecular Hbond substituents is 1. The molecule has 0 heterocycles. The molecule has 0 atom stereocenters. The van der Waals surface area contributed by atoms with Crippen LogP contribution in [0, 0.1) is 10.1 Å². The van der Waals surface area contributed by atoms with Gasteiger partial charge in [0.1, 0.15) is 11.6 Å². The van der Waals surface area contributed by atoms with Crippen LogP contribution in [-0.4, -0.2) is 49.3 Å². The number of aliphatic imine (C=N–C) groups is 1. The van der Waals surface area contributed by atoms with E-state index in [1.807, 2.05) is 0 Å². The number of nitro groups is 1. The van der Waals surface area contributed by atoms with Gasteiger partial charge in [0.05, 0.1) is 15.5 Å². The lowest BCUT2D eigenvalue weighted by Crippen LogP contribution is -2.35. The Morgan fingerprint density at radius 2 is 1.75 bits per heavy atom. The second-order valence-corrected chi connectivity index (χ2v) is 7.51. The zero-order chi connectivity index (χ0) is 20.0. The Hall–Kier alpha value is -2.25. The molecule has 0 aliphatic heterocycles. The molecule has 0 saturated heterocycles. The molecule has 152 valence electrons. The lowest BCUT2D eigenvalue weighted by Gasteiger charge is -2.19. The number of nitrogens with zero attached hydrogens (tertiary/aromatic N) is 3. The molecule has 0 bridgehead atoms. The van der Waals surface area contributed by atoms with Gasteiger partial charge < -0.3 is 10.0 Å². The number of nitro benzene ring substituents is 1. The average molecular weight is 520 g/mol. The second-order valence-electron chi connectivity index (χ2n) is 5.75. The third-order valence-corrected chi connectivity index (χ3v) is 5.27. The van der Waals surface area contributed by atoms with Crippen molar-refractivity contribution in [2.75, 3.05) is 20.1 Å². The molecular weight excluding hydrogens is 499 g/mol. The van der Waals surface area contributed by atoms with Crippen molar-refractivity contribution in [1.82, 2.24) is 9.62 Å². The van der Waals surface area contributed by atoms with Crippen LogP contribution >= 0.6 is 24.0 Å². The van der Waals surface area contributed by atoms with Crippen LogP contribution in [0.5, 0.6) is 5.75 Å². The van der Waals surface area contributed by atoms with Gasteiger partial charge in [-0.1, -0.05) is 0 Å². The van der Waals surface area contributed by atoms with Crippen LogP contribution in [0.1, 0.15) is 6.92 Å². The van der Waals surface area contributed by atoms with E-state index in [1.165, 1.54) is 24.3 Å². The third kappa shape index (κ3) is 6.73. The monoisotopic (exact) mass is 520 g/mol. The summed E-state index contributed by atoms with van der Waals surface area (Å²) in [4.78, 5) is 16.2. The molecule has 2 aromatic rings. The Morgan fingerprint density at radius 3 is 2.29 bits per heavy atom. The number of sulfonamides is 1. The average Bonchev–Trinajstić information content (AvgIpc) is 2.63. The van der Waals surface area contributed by atoms with Crippen LogP contribution in [0.3, 0.4) is 0 Å². The van der Waals surface area contributed by atoms with E-state index in [-0.39, 0.29) is 46.9 Å². The first-order chi connectivity index (χ1) is 12.7.